The summed E-state index contributed by atoms with van der Waals surface area (Å²) < 4.78 is 1.65. The Morgan fingerprint density at radius 1 is 1.42 bits per heavy atom. The molecule has 0 saturated heterocycles. The number of hydrogen-bond donors (Lipinski definition) is 1. The molecular weight excluding hydrogens is 386 g/mol. The zero-order valence-electron chi connectivity index (χ0n) is 15.2. The van der Waals surface area contributed by atoms with Gasteiger partial charge in [-0.25, -0.2) is 4.98 Å². The minimum Gasteiger partial charge on any atom is -0.348 e. The quantitative estimate of drug-likeness (QED) is 0.493. The molecule has 1 amide bonds. The van der Waals surface area contributed by atoms with E-state index >= 15 is 0 Å². The lowest BCUT2D eigenvalue weighted by atomic mass is 10.2. The van der Waals surface area contributed by atoms with E-state index < -0.39 is 0 Å². The third-order valence-electron chi connectivity index (χ3n) is 4.25. The fraction of sp³-hybridized carbons (Fsp3) is 0.389. The standard InChI is InChI=1S/C18H21N3O2S3/c1-5-21-17(23)15-10(2)12(4)26-16(15)20-18(21)25-9-14(22)19-11(3)13-7-6-8-24-13/h6-8,11H,5,9H2,1-4H3,(H,19,22)/t11-/m0/s1. The van der Waals surface area contributed by atoms with Crippen LogP contribution in [0.15, 0.2) is 27.5 Å². The Morgan fingerprint density at radius 3 is 2.85 bits per heavy atom. The third-order valence-corrected chi connectivity index (χ3v) is 7.38. The van der Waals surface area contributed by atoms with E-state index in [0.717, 1.165) is 20.1 Å². The maximum atomic E-state index is 12.8. The first-order valence-electron chi connectivity index (χ1n) is 8.38. The van der Waals surface area contributed by atoms with Gasteiger partial charge in [0.2, 0.25) is 5.91 Å². The van der Waals surface area contributed by atoms with Crippen LogP contribution in [0.3, 0.4) is 0 Å². The first-order valence-corrected chi connectivity index (χ1v) is 11.1. The van der Waals surface area contributed by atoms with Crippen molar-refractivity contribution in [1.82, 2.24) is 14.9 Å². The van der Waals surface area contributed by atoms with Crippen LogP contribution in [0.4, 0.5) is 0 Å². The van der Waals surface area contributed by atoms with E-state index in [4.69, 9.17) is 0 Å². The predicted octanol–water partition coefficient (Wildman–Crippen LogP) is 4.13. The van der Waals surface area contributed by atoms with E-state index in [2.05, 4.69) is 10.3 Å². The lowest BCUT2D eigenvalue weighted by molar-refractivity contribution is -0.119. The van der Waals surface area contributed by atoms with Crippen LogP contribution in [0, 0.1) is 13.8 Å². The third kappa shape index (κ3) is 3.72. The molecule has 3 aromatic rings. The molecule has 3 heterocycles. The second kappa shape index (κ2) is 7.94. The number of nitrogens with one attached hydrogen (secondary N) is 1. The van der Waals surface area contributed by atoms with E-state index in [1.165, 1.54) is 23.1 Å². The van der Waals surface area contributed by atoms with Gasteiger partial charge < -0.3 is 5.32 Å². The van der Waals surface area contributed by atoms with Crippen molar-refractivity contribution in [3.63, 3.8) is 0 Å². The maximum absolute atomic E-state index is 12.8. The molecule has 3 rings (SSSR count). The van der Waals surface area contributed by atoms with Crippen molar-refractivity contribution < 1.29 is 4.79 Å². The highest BCUT2D eigenvalue weighted by atomic mass is 32.2. The van der Waals surface area contributed by atoms with Gasteiger partial charge >= 0.3 is 0 Å². The van der Waals surface area contributed by atoms with E-state index in [1.807, 2.05) is 45.2 Å². The van der Waals surface area contributed by atoms with Gasteiger partial charge in [0.1, 0.15) is 4.83 Å². The molecule has 0 spiro atoms. The summed E-state index contributed by atoms with van der Waals surface area (Å²) in [5.74, 6) is 0.170. The molecule has 1 N–H and O–H groups in total. The molecule has 1 atom stereocenters. The Kier molecular flexibility index (Phi) is 5.84. The first kappa shape index (κ1) is 19.1. The number of fused-ring (bicyclic) bond motifs is 1. The van der Waals surface area contributed by atoms with Crippen LogP contribution in [-0.4, -0.2) is 21.2 Å². The van der Waals surface area contributed by atoms with Crippen LogP contribution < -0.4 is 10.9 Å². The maximum Gasteiger partial charge on any atom is 0.263 e. The number of amides is 1. The van der Waals surface area contributed by atoms with Gasteiger partial charge in [-0.2, -0.15) is 0 Å². The minimum atomic E-state index is -0.0635. The number of aromatic nitrogens is 2. The summed E-state index contributed by atoms with van der Waals surface area (Å²) in [5, 5.41) is 6.30. The van der Waals surface area contributed by atoms with E-state index in [0.29, 0.717) is 17.1 Å². The van der Waals surface area contributed by atoms with Gasteiger partial charge in [-0.05, 0) is 44.7 Å². The number of thiophene rings is 2. The number of hydrogen-bond acceptors (Lipinski definition) is 6. The fourth-order valence-corrected chi connectivity index (χ4v) is 5.40. The second-order valence-corrected chi connectivity index (χ2v) is 9.13. The van der Waals surface area contributed by atoms with Crippen molar-refractivity contribution in [1.29, 1.82) is 0 Å². The topological polar surface area (TPSA) is 64.0 Å². The second-order valence-electron chi connectivity index (χ2n) is 6.00. The smallest absolute Gasteiger partial charge is 0.263 e. The van der Waals surface area contributed by atoms with Crippen LogP contribution in [0.25, 0.3) is 10.2 Å². The van der Waals surface area contributed by atoms with Gasteiger partial charge in [-0.1, -0.05) is 17.8 Å². The number of rotatable bonds is 6. The van der Waals surface area contributed by atoms with Crippen LogP contribution >= 0.6 is 34.4 Å². The molecule has 5 nitrogen and oxygen atoms in total. The van der Waals surface area contributed by atoms with E-state index in [9.17, 15) is 9.59 Å². The molecule has 0 unspecified atom stereocenters. The molecular formula is C18H21N3O2S3. The van der Waals surface area contributed by atoms with Crippen molar-refractivity contribution in [3.8, 4) is 0 Å². The number of carbonyl (C=O) groups is 1. The zero-order chi connectivity index (χ0) is 18.8. The van der Waals surface area contributed by atoms with Crippen LogP contribution in [0.1, 0.15) is 35.2 Å². The molecule has 0 aliphatic carbocycles. The van der Waals surface area contributed by atoms with Gasteiger partial charge in [0.15, 0.2) is 5.16 Å². The summed E-state index contributed by atoms with van der Waals surface area (Å²) in [7, 11) is 0. The summed E-state index contributed by atoms with van der Waals surface area (Å²) in [6, 6.07) is 3.96. The molecule has 0 bridgehead atoms. The molecule has 0 aromatic carbocycles. The number of aryl methyl sites for hydroxylation is 2. The van der Waals surface area contributed by atoms with Gasteiger partial charge in [0.05, 0.1) is 17.2 Å². The summed E-state index contributed by atoms with van der Waals surface area (Å²) in [4.78, 5) is 32.7. The van der Waals surface area contributed by atoms with Crippen LogP contribution in [0.2, 0.25) is 0 Å². The molecule has 3 aromatic heterocycles. The van der Waals surface area contributed by atoms with Crippen LogP contribution in [0.5, 0.6) is 0 Å². The highest BCUT2D eigenvalue weighted by molar-refractivity contribution is 7.99. The minimum absolute atomic E-state index is 0.0190. The molecule has 0 saturated carbocycles. The molecule has 8 heteroatoms. The number of thioether (sulfide) groups is 1. The van der Waals surface area contributed by atoms with Gasteiger partial charge in [-0.3, -0.25) is 14.2 Å². The Hall–Kier alpha value is -1.64. The molecule has 0 fully saturated rings. The highest BCUT2D eigenvalue weighted by Gasteiger charge is 2.17. The highest BCUT2D eigenvalue weighted by Crippen LogP contribution is 2.28. The van der Waals surface area contributed by atoms with Crippen LogP contribution in [-0.2, 0) is 11.3 Å². The van der Waals surface area contributed by atoms with Crippen molar-refractivity contribution in [3.05, 3.63) is 43.2 Å². The average molecular weight is 408 g/mol. The van der Waals surface area contributed by atoms with E-state index in [-0.39, 0.29) is 23.3 Å². The Morgan fingerprint density at radius 2 is 2.19 bits per heavy atom. The lowest BCUT2D eigenvalue weighted by Crippen LogP contribution is -2.28. The number of carbonyl (C=O) groups excluding carboxylic acids is 1. The Balaban J connectivity index is 1.78. The normalized spacial score (nSPS) is 12.5. The summed E-state index contributed by atoms with van der Waals surface area (Å²) >= 11 is 4.47. The van der Waals surface area contributed by atoms with Gasteiger partial charge in [0.25, 0.3) is 5.56 Å². The van der Waals surface area contributed by atoms with Gasteiger partial charge in [-0.15, -0.1) is 22.7 Å². The Bertz CT molecular complexity index is 989. The molecule has 26 heavy (non-hydrogen) atoms. The first-order chi connectivity index (χ1) is 12.4. The molecule has 0 aliphatic heterocycles. The Labute approximate surface area is 164 Å². The fourth-order valence-electron chi connectivity index (χ4n) is 2.72. The van der Waals surface area contributed by atoms with Crippen molar-refractivity contribution >= 4 is 50.6 Å². The monoisotopic (exact) mass is 407 g/mol. The number of nitrogens with zero attached hydrogens (tertiary/aromatic N) is 2. The SMILES string of the molecule is CCn1c(SCC(=O)N[C@@H](C)c2cccs2)nc2sc(C)c(C)c2c1=O. The molecule has 138 valence electrons. The average Bonchev–Trinajstić information content (AvgIpc) is 3.22. The van der Waals surface area contributed by atoms with Crippen molar-refractivity contribution in [2.24, 2.45) is 0 Å². The molecule has 0 aliphatic rings. The van der Waals surface area contributed by atoms with Crippen molar-refractivity contribution in [2.75, 3.05) is 5.75 Å². The summed E-state index contributed by atoms with van der Waals surface area (Å²) in [5.41, 5.74) is 0.984. The predicted molar refractivity (Wildman–Crippen MR) is 111 cm³/mol. The lowest BCUT2D eigenvalue weighted by Gasteiger charge is -2.13. The van der Waals surface area contributed by atoms with E-state index in [1.54, 1.807) is 15.9 Å². The summed E-state index contributed by atoms with van der Waals surface area (Å²) in [6.07, 6.45) is 0. The molecule has 0 radical (unpaired) electrons. The van der Waals surface area contributed by atoms with Gasteiger partial charge in [0, 0.05) is 16.3 Å². The zero-order valence-corrected chi connectivity index (χ0v) is 17.6. The largest absolute Gasteiger partial charge is 0.348 e. The summed E-state index contributed by atoms with van der Waals surface area (Å²) in [6.45, 7) is 8.39. The van der Waals surface area contributed by atoms with Crippen molar-refractivity contribution in [2.45, 2.75) is 45.4 Å².